The van der Waals surface area contributed by atoms with Crippen molar-refractivity contribution in [2.75, 3.05) is 6.61 Å². The van der Waals surface area contributed by atoms with E-state index in [1.54, 1.807) is 0 Å². The fraction of sp³-hybridized carbons (Fsp3) is 1.00. The first-order chi connectivity index (χ1) is 22.5. The predicted molar refractivity (Wildman–Crippen MR) is 203 cm³/mol. The van der Waals surface area contributed by atoms with Gasteiger partial charge in [-0.1, -0.05) is 239 Å². The van der Waals surface area contributed by atoms with Crippen LogP contribution in [0.5, 0.6) is 0 Å². The van der Waals surface area contributed by atoms with Gasteiger partial charge in [0.05, 0.1) is 6.61 Å². The van der Waals surface area contributed by atoms with Crippen LogP contribution in [0.25, 0.3) is 0 Å². The summed E-state index contributed by atoms with van der Waals surface area (Å²) >= 11 is 0. The fourth-order valence-electron chi connectivity index (χ4n) is 6.99. The minimum Gasteiger partial charge on any atom is -0.264 e. The van der Waals surface area contributed by atoms with Crippen molar-refractivity contribution in [3.8, 4) is 0 Å². The topological polar surface area (TPSA) is 63.6 Å². The van der Waals surface area contributed by atoms with Gasteiger partial charge in [-0.05, 0) is 18.8 Å². The molecule has 5 heteroatoms. The molecule has 0 fully saturated rings. The molecule has 4 nitrogen and oxygen atoms in total. The van der Waals surface area contributed by atoms with Crippen molar-refractivity contribution in [1.29, 1.82) is 0 Å². The van der Waals surface area contributed by atoms with Crippen molar-refractivity contribution >= 4 is 10.4 Å². The van der Waals surface area contributed by atoms with Crippen molar-refractivity contribution in [2.24, 2.45) is 5.92 Å². The Bertz CT molecular complexity index is 665. The van der Waals surface area contributed by atoms with Gasteiger partial charge in [0.15, 0.2) is 0 Å². The van der Waals surface area contributed by atoms with Gasteiger partial charge in [0.1, 0.15) is 0 Å². The highest BCUT2D eigenvalue weighted by molar-refractivity contribution is 7.80. The lowest BCUT2D eigenvalue weighted by Crippen LogP contribution is -2.14. The quantitative estimate of drug-likeness (QED) is 0.0520. The molecule has 0 aliphatic heterocycles. The molecule has 0 spiro atoms. The van der Waals surface area contributed by atoms with Gasteiger partial charge in [-0.2, -0.15) is 8.42 Å². The molecule has 0 heterocycles. The van der Waals surface area contributed by atoms with Crippen LogP contribution in [0.4, 0.5) is 0 Å². The van der Waals surface area contributed by atoms with Crippen molar-refractivity contribution in [2.45, 2.75) is 251 Å². The first-order valence-corrected chi connectivity index (χ1v) is 22.5. The Labute approximate surface area is 290 Å². The zero-order valence-electron chi connectivity index (χ0n) is 31.5. The summed E-state index contributed by atoms with van der Waals surface area (Å²) in [6, 6.07) is 0. The maximum Gasteiger partial charge on any atom is 0.397 e. The normalized spacial score (nSPS) is 12.7. The molecule has 1 unspecified atom stereocenters. The Morgan fingerprint density at radius 3 is 0.761 bits per heavy atom. The number of rotatable bonds is 40. The summed E-state index contributed by atoms with van der Waals surface area (Å²) in [5, 5.41) is 0. The second kappa shape index (κ2) is 37.7. The predicted octanol–water partition coefficient (Wildman–Crippen LogP) is 14.9. The van der Waals surface area contributed by atoms with Crippen LogP contribution in [-0.4, -0.2) is 19.6 Å². The lowest BCUT2D eigenvalue weighted by molar-refractivity contribution is 0.204. The lowest BCUT2D eigenvalue weighted by atomic mass is 9.94. The molecule has 1 atom stereocenters. The number of unbranched alkanes of at least 4 members (excludes halogenated alkanes) is 33. The maximum atomic E-state index is 11.1. The van der Waals surface area contributed by atoms with Crippen LogP contribution >= 0.6 is 0 Å². The smallest absolute Gasteiger partial charge is 0.264 e. The van der Waals surface area contributed by atoms with Gasteiger partial charge in [-0.3, -0.25) is 4.55 Å². The average Bonchev–Trinajstić information content (AvgIpc) is 3.03. The average molecular weight is 673 g/mol. The molecule has 0 aliphatic carbocycles. The van der Waals surface area contributed by atoms with Gasteiger partial charge in [0.2, 0.25) is 0 Å². The third kappa shape index (κ3) is 40.0. The Kier molecular flexibility index (Phi) is 37.6. The van der Waals surface area contributed by atoms with E-state index >= 15 is 0 Å². The van der Waals surface area contributed by atoms with E-state index in [4.69, 9.17) is 8.74 Å². The summed E-state index contributed by atoms with van der Waals surface area (Å²) in [4.78, 5) is 0. The maximum absolute atomic E-state index is 11.1. The molecule has 0 aliphatic rings. The second-order valence-corrected chi connectivity index (χ2v) is 15.9. The largest absolute Gasteiger partial charge is 0.397 e. The SMILES string of the molecule is CCCCCCCCCCCCCCCCCCCCCC(CCCCCCCCCCCCCCCCCC)COS(=O)(=O)O. The zero-order chi connectivity index (χ0) is 33.7. The van der Waals surface area contributed by atoms with Crippen LogP contribution in [-0.2, 0) is 14.6 Å². The van der Waals surface area contributed by atoms with E-state index in [0.717, 1.165) is 25.7 Å². The molecule has 0 radical (unpaired) electrons. The van der Waals surface area contributed by atoms with E-state index in [1.165, 1.54) is 212 Å². The summed E-state index contributed by atoms with van der Waals surface area (Å²) in [5.74, 6) is 0.236. The van der Waals surface area contributed by atoms with Crippen LogP contribution in [0.15, 0.2) is 0 Å². The monoisotopic (exact) mass is 673 g/mol. The standard InChI is InChI=1S/C41H84O4S/c1-3-5-7-9-11-13-15-17-19-21-22-23-25-27-29-31-33-35-37-39-41(40-45-46(42,43)44)38-36-34-32-30-28-26-24-20-18-16-14-12-10-8-6-4-2/h41H,3-40H2,1-2H3,(H,42,43,44). The highest BCUT2D eigenvalue weighted by atomic mass is 32.3. The van der Waals surface area contributed by atoms with Crippen LogP contribution in [0.3, 0.4) is 0 Å². The third-order valence-corrected chi connectivity index (χ3v) is 10.6. The van der Waals surface area contributed by atoms with E-state index in [2.05, 4.69) is 13.8 Å². The molecule has 0 aromatic heterocycles. The first-order valence-electron chi connectivity index (χ1n) is 21.1. The minimum absolute atomic E-state index is 0.136. The Balaban J connectivity index is 3.62. The number of hydrogen-bond acceptors (Lipinski definition) is 3. The molecule has 1 N–H and O–H groups in total. The third-order valence-electron chi connectivity index (χ3n) is 10.1. The molecular formula is C41H84O4S. The molecule has 0 amide bonds. The lowest BCUT2D eigenvalue weighted by Gasteiger charge is -2.16. The fourth-order valence-corrected chi connectivity index (χ4v) is 7.35. The molecular weight excluding hydrogens is 589 g/mol. The van der Waals surface area contributed by atoms with E-state index in [-0.39, 0.29) is 12.5 Å². The van der Waals surface area contributed by atoms with Crippen LogP contribution in [0.2, 0.25) is 0 Å². The van der Waals surface area contributed by atoms with Gasteiger partial charge in [-0.25, -0.2) is 4.18 Å². The highest BCUT2D eigenvalue weighted by Gasteiger charge is 2.13. The molecule has 0 bridgehead atoms. The van der Waals surface area contributed by atoms with Gasteiger partial charge >= 0.3 is 10.4 Å². The summed E-state index contributed by atoms with van der Waals surface area (Å²) in [6.45, 7) is 4.71. The van der Waals surface area contributed by atoms with Crippen LogP contribution < -0.4 is 0 Å². The van der Waals surface area contributed by atoms with E-state index in [1.807, 2.05) is 0 Å². The Morgan fingerprint density at radius 2 is 0.565 bits per heavy atom. The molecule has 0 rings (SSSR count). The minimum atomic E-state index is -4.34. The van der Waals surface area contributed by atoms with E-state index in [9.17, 15) is 8.42 Å². The van der Waals surface area contributed by atoms with Crippen LogP contribution in [0, 0.1) is 5.92 Å². The molecule has 46 heavy (non-hydrogen) atoms. The molecule has 0 saturated carbocycles. The Hall–Kier alpha value is -0.130. The summed E-state index contributed by atoms with van der Waals surface area (Å²) < 4.78 is 36.1. The summed E-state index contributed by atoms with van der Waals surface area (Å²) in [5.41, 5.74) is 0. The van der Waals surface area contributed by atoms with Gasteiger partial charge < -0.3 is 0 Å². The summed E-state index contributed by atoms with van der Waals surface area (Å²) in [6.07, 6.45) is 50.0. The van der Waals surface area contributed by atoms with Crippen molar-refractivity contribution in [1.82, 2.24) is 0 Å². The first kappa shape index (κ1) is 45.9. The molecule has 278 valence electrons. The molecule has 0 aromatic rings. The summed E-state index contributed by atoms with van der Waals surface area (Å²) in [7, 11) is -4.34. The zero-order valence-corrected chi connectivity index (χ0v) is 32.3. The van der Waals surface area contributed by atoms with Crippen LogP contribution in [0.1, 0.15) is 251 Å². The number of hydrogen-bond donors (Lipinski definition) is 1. The Morgan fingerprint density at radius 1 is 0.370 bits per heavy atom. The molecule has 0 saturated heterocycles. The van der Waals surface area contributed by atoms with E-state index < -0.39 is 10.4 Å². The van der Waals surface area contributed by atoms with Gasteiger partial charge in [-0.15, -0.1) is 0 Å². The highest BCUT2D eigenvalue weighted by Crippen LogP contribution is 2.21. The molecule has 0 aromatic carbocycles. The van der Waals surface area contributed by atoms with Gasteiger partial charge in [0, 0.05) is 0 Å². The van der Waals surface area contributed by atoms with E-state index in [0.29, 0.717) is 0 Å². The second-order valence-electron chi connectivity index (χ2n) is 14.8. The van der Waals surface area contributed by atoms with Crippen molar-refractivity contribution in [3.05, 3.63) is 0 Å². The van der Waals surface area contributed by atoms with Crippen molar-refractivity contribution in [3.63, 3.8) is 0 Å². The van der Waals surface area contributed by atoms with Crippen molar-refractivity contribution < 1.29 is 17.2 Å². The van der Waals surface area contributed by atoms with Gasteiger partial charge in [0.25, 0.3) is 0 Å².